The van der Waals surface area contributed by atoms with Crippen LogP contribution in [-0.4, -0.2) is 23.3 Å². The van der Waals surface area contributed by atoms with Gasteiger partial charge in [-0.05, 0) is 47.1 Å². The van der Waals surface area contributed by atoms with Crippen molar-refractivity contribution in [2.24, 2.45) is 0 Å². The van der Waals surface area contributed by atoms with Crippen molar-refractivity contribution >= 4 is 50.7 Å². The zero-order valence-electron chi connectivity index (χ0n) is 14.2. The summed E-state index contributed by atoms with van der Waals surface area (Å²) in [6.45, 7) is 2.13. The number of carbonyl (C=O) groups is 2. The Hall–Kier alpha value is -2.16. The summed E-state index contributed by atoms with van der Waals surface area (Å²) in [5, 5.41) is 6.70. The van der Waals surface area contributed by atoms with Gasteiger partial charge in [0.05, 0.1) is 18.8 Å². The third-order valence-corrected chi connectivity index (χ3v) is 5.25. The van der Waals surface area contributed by atoms with Gasteiger partial charge in [-0.1, -0.05) is 23.7 Å². The number of thiazole rings is 1. The fourth-order valence-corrected chi connectivity index (χ4v) is 3.65. The van der Waals surface area contributed by atoms with Gasteiger partial charge < -0.3 is 15.1 Å². The average Bonchev–Trinajstić information content (AvgIpc) is 3.24. The van der Waals surface area contributed by atoms with E-state index >= 15 is 0 Å². The maximum atomic E-state index is 12.0. The maximum Gasteiger partial charge on any atom is 0.287 e. The monoisotopic (exact) mass is 467 g/mol. The van der Waals surface area contributed by atoms with E-state index in [2.05, 4.69) is 31.5 Å². The molecular formula is C18H15BrClN3O3S. The van der Waals surface area contributed by atoms with E-state index in [9.17, 15) is 9.59 Å². The molecule has 6 nitrogen and oxygen atoms in total. The van der Waals surface area contributed by atoms with Crippen LogP contribution in [0, 0.1) is 6.92 Å². The van der Waals surface area contributed by atoms with Gasteiger partial charge in [-0.15, -0.1) is 11.3 Å². The molecule has 2 heterocycles. The summed E-state index contributed by atoms with van der Waals surface area (Å²) >= 11 is 10.6. The molecular weight excluding hydrogens is 454 g/mol. The minimum Gasteiger partial charge on any atom is -0.444 e. The summed E-state index contributed by atoms with van der Waals surface area (Å²) in [7, 11) is 0. The number of hydrogen-bond donors (Lipinski definition) is 2. The van der Waals surface area contributed by atoms with E-state index < -0.39 is 5.91 Å². The Labute approximate surface area is 173 Å². The second kappa shape index (κ2) is 8.69. The predicted molar refractivity (Wildman–Crippen MR) is 108 cm³/mol. The summed E-state index contributed by atoms with van der Waals surface area (Å²) in [6, 6.07) is 10.6. The second-order valence-electron chi connectivity index (χ2n) is 5.58. The second-order valence-corrected chi connectivity index (χ2v) is 8.09. The lowest BCUT2D eigenvalue weighted by Gasteiger charge is -2.04. The first kappa shape index (κ1) is 19.6. The SMILES string of the molecule is Cc1sc(CNC(=O)CNC(=O)c2ccc(Br)o2)nc1-c1ccc(Cl)cc1. The molecule has 2 amide bonds. The summed E-state index contributed by atoms with van der Waals surface area (Å²) in [6.07, 6.45) is 0. The zero-order chi connectivity index (χ0) is 19.4. The molecule has 3 rings (SSSR count). The Bertz CT molecular complexity index is 969. The first-order valence-electron chi connectivity index (χ1n) is 7.95. The van der Waals surface area contributed by atoms with Crippen molar-refractivity contribution in [2.45, 2.75) is 13.5 Å². The molecule has 9 heteroatoms. The predicted octanol–water partition coefficient (Wildman–Crippen LogP) is 4.17. The van der Waals surface area contributed by atoms with Gasteiger partial charge in [-0.2, -0.15) is 0 Å². The number of benzene rings is 1. The van der Waals surface area contributed by atoms with E-state index in [1.807, 2.05) is 31.2 Å². The number of aromatic nitrogens is 1. The standard InChI is InChI=1S/C18H15BrClN3O3S/c1-10-17(11-2-4-12(20)5-3-11)23-16(27-10)9-21-15(24)8-22-18(25)13-6-7-14(19)26-13/h2-7H,8-9H2,1H3,(H,21,24)(H,22,25). The Morgan fingerprint density at radius 3 is 2.59 bits per heavy atom. The molecule has 3 aromatic rings. The smallest absolute Gasteiger partial charge is 0.287 e. The number of amides is 2. The van der Waals surface area contributed by atoms with Gasteiger partial charge in [0.15, 0.2) is 10.4 Å². The molecule has 27 heavy (non-hydrogen) atoms. The average molecular weight is 469 g/mol. The van der Waals surface area contributed by atoms with Crippen LogP contribution in [0.15, 0.2) is 45.5 Å². The molecule has 0 saturated heterocycles. The first-order chi connectivity index (χ1) is 12.9. The van der Waals surface area contributed by atoms with Gasteiger partial charge in [0.2, 0.25) is 5.91 Å². The summed E-state index contributed by atoms with van der Waals surface area (Å²) in [5.41, 5.74) is 1.85. The van der Waals surface area contributed by atoms with Crippen LogP contribution in [0.2, 0.25) is 5.02 Å². The number of halogens is 2. The number of aryl methyl sites for hydroxylation is 1. The van der Waals surface area contributed by atoms with Crippen LogP contribution in [-0.2, 0) is 11.3 Å². The van der Waals surface area contributed by atoms with Gasteiger partial charge in [0.1, 0.15) is 5.01 Å². The van der Waals surface area contributed by atoms with Crippen molar-refractivity contribution in [3.05, 3.63) is 61.7 Å². The van der Waals surface area contributed by atoms with E-state index in [1.54, 1.807) is 6.07 Å². The number of carbonyl (C=O) groups excluding carboxylic acids is 2. The van der Waals surface area contributed by atoms with Crippen molar-refractivity contribution in [3.8, 4) is 11.3 Å². The van der Waals surface area contributed by atoms with Crippen LogP contribution in [0.4, 0.5) is 0 Å². The van der Waals surface area contributed by atoms with Gasteiger partial charge in [-0.3, -0.25) is 9.59 Å². The molecule has 0 radical (unpaired) electrons. The van der Waals surface area contributed by atoms with E-state index in [0.29, 0.717) is 16.2 Å². The van der Waals surface area contributed by atoms with Gasteiger partial charge in [0.25, 0.3) is 5.91 Å². The number of rotatable bonds is 6. The highest BCUT2D eigenvalue weighted by molar-refractivity contribution is 9.10. The summed E-state index contributed by atoms with van der Waals surface area (Å²) < 4.78 is 5.58. The Kier molecular flexibility index (Phi) is 6.30. The molecule has 0 atom stereocenters. The number of hydrogen-bond acceptors (Lipinski definition) is 5. The van der Waals surface area contributed by atoms with E-state index in [4.69, 9.17) is 16.0 Å². The minimum atomic E-state index is -0.453. The molecule has 140 valence electrons. The fourth-order valence-electron chi connectivity index (χ4n) is 2.32. The fraction of sp³-hybridized carbons (Fsp3) is 0.167. The molecule has 1 aromatic carbocycles. The van der Waals surface area contributed by atoms with E-state index in [1.165, 1.54) is 17.4 Å². The number of nitrogens with zero attached hydrogens (tertiary/aromatic N) is 1. The van der Waals surface area contributed by atoms with Crippen molar-refractivity contribution < 1.29 is 14.0 Å². The Morgan fingerprint density at radius 2 is 1.93 bits per heavy atom. The Balaban J connectivity index is 1.52. The highest BCUT2D eigenvalue weighted by atomic mass is 79.9. The molecule has 0 fully saturated rings. The van der Waals surface area contributed by atoms with Gasteiger partial charge in [-0.25, -0.2) is 4.98 Å². The quantitative estimate of drug-likeness (QED) is 0.568. The zero-order valence-corrected chi connectivity index (χ0v) is 17.4. The minimum absolute atomic E-state index is 0.137. The molecule has 0 aliphatic heterocycles. The van der Waals surface area contributed by atoms with Crippen LogP contribution in [0.1, 0.15) is 20.4 Å². The number of nitrogens with one attached hydrogen (secondary N) is 2. The molecule has 0 aliphatic carbocycles. The van der Waals surface area contributed by atoms with E-state index in [0.717, 1.165) is 21.1 Å². The molecule has 0 aliphatic rings. The highest BCUT2D eigenvalue weighted by Crippen LogP contribution is 2.28. The summed E-state index contributed by atoms with van der Waals surface area (Å²) in [4.78, 5) is 29.4. The van der Waals surface area contributed by atoms with Crippen molar-refractivity contribution in [2.75, 3.05) is 6.54 Å². The third kappa shape index (κ3) is 5.18. The largest absolute Gasteiger partial charge is 0.444 e. The molecule has 2 aromatic heterocycles. The molecule has 0 saturated carbocycles. The third-order valence-electron chi connectivity index (χ3n) is 3.60. The maximum absolute atomic E-state index is 12.0. The van der Waals surface area contributed by atoms with Crippen LogP contribution in [0.25, 0.3) is 11.3 Å². The van der Waals surface area contributed by atoms with Crippen LogP contribution < -0.4 is 10.6 Å². The molecule has 2 N–H and O–H groups in total. The van der Waals surface area contributed by atoms with E-state index in [-0.39, 0.29) is 18.2 Å². The lowest BCUT2D eigenvalue weighted by Crippen LogP contribution is -2.36. The molecule has 0 bridgehead atoms. The van der Waals surface area contributed by atoms with Crippen LogP contribution in [0.5, 0.6) is 0 Å². The Morgan fingerprint density at radius 1 is 1.19 bits per heavy atom. The van der Waals surface area contributed by atoms with Crippen molar-refractivity contribution in [1.29, 1.82) is 0 Å². The topological polar surface area (TPSA) is 84.2 Å². The van der Waals surface area contributed by atoms with Crippen molar-refractivity contribution in [3.63, 3.8) is 0 Å². The normalized spacial score (nSPS) is 10.6. The molecule has 0 spiro atoms. The van der Waals surface area contributed by atoms with Gasteiger partial charge >= 0.3 is 0 Å². The number of furan rings is 1. The van der Waals surface area contributed by atoms with Crippen LogP contribution in [0.3, 0.4) is 0 Å². The summed E-state index contributed by atoms with van der Waals surface area (Å²) in [5.74, 6) is -0.626. The molecule has 0 unspecified atom stereocenters. The lowest BCUT2D eigenvalue weighted by atomic mass is 10.1. The first-order valence-corrected chi connectivity index (χ1v) is 9.93. The van der Waals surface area contributed by atoms with Crippen molar-refractivity contribution in [1.82, 2.24) is 15.6 Å². The lowest BCUT2D eigenvalue weighted by molar-refractivity contribution is -0.120. The highest BCUT2D eigenvalue weighted by Gasteiger charge is 2.13. The van der Waals surface area contributed by atoms with Crippen LogP contribution >= 0.6 is 38.9 Å². The van der Waals surface area contributed by atoms with Gasteiger partial charge in [0, 0.05) is 15.5 Å².